The van der Waals surface area contributed by atoms with Gasteiger partial charge in [-0.3, -0.25) is 14.2 Å². The van der Waals surface area contributed by atoms with Gasteiger partial charge in [-0.05, 0) is 30.5 Å². The number of carbonyl (C=O) groups is 1. The summed E-state index contributed by atoms with van der Waals surface area (Å²) in [5, 5.41) is 4.80. The van der Waals surface area contributed by atoms with Crippen molar-refractivity contribution in [1.29, 1.82) is 0 Å². The van der Waals surface area contributed by atoms with E-state index >= 15 is 0 Å². The number of nitrogens with one attached hydrogen (secondary N) is 1. The van der Waals surface area contributed by atoms with Crippen molar-refractivity contribution < 1.29 is 9.21 Å². The predicted octanol–water partition coefficient (Wildman–Crippen LogP) is 2.39. The van der Waals surface area contributed by atoms with Gasteiger partial charge in [-0.1, -0.05) is 11.8 Å². The molecule has 3 aromatic rings. The van der Waals surface area contributed by atoms with Gasteiger partial charge in [0, 0.05) is 7.05 Å². The molecule has 1 atom stereocenters. The SMILES string of the molecule is CC(Sc1nc2ccsc2c(=O)n1C)C(=O)NCc1ccco1. The lowest BCUT2D eigenvalue weighted by Crippen LogP contribution is -2.31. The van der Waals surface area contributed by atoms with Gasteiger partial charge in [0.1, 0.15) is 10.5 Å². The molecule has 0 fully saturated rings. The standard InChI is InChI=1S/C15H15N3O3S2/c1-9(13(19)16-8-10-4-3-6-21-10)23-15-17-11-5-7-22-12(11)14(20)18(15)2/h3-7,9H,8H2,1-2H3,(H,16,19). The molecule has 0 aromatic carbocycles. The number of hydrogen-bond acceptors (Lipinski definition) is 6. The second-order valence-corrected chi connectivity index (χ2v) is 7.17. The molecule has 3 heterocycles. The smallest absolute Gasteiger partial charge is 0.271 e. The van der Waals surface area contributed by atoms with Crippen molar-refractivity contribution in [3.63, 3.8) is 0 Å². The fourth-order valence-electron chi connectivity index (χ4n) is 2.02. The summed E-state index contributed by atoms with van der Waals surface area (Å²) >= 11 is 2.64. The van der Waals surface area contributed by atoms with E-state index in [9.17, 15) is 9.59 Å². The highest BCUT2D eigenvalue weighted by Crippen LogP contribution is 2.23. The lowest BCUT2D eigenvalue weighted by Gasteiger charge is -2.13. The van der Waals surface area contributed by atoms with Crippen molar-refractivity contribution in [2.24, 2.45) is 7.05 Å². The van der Waals surface area contributed by atoms with Crippen molar-refractivity contribution in [2.45, 2.75) is 23.9 Å². The molecule has 0 aliphatic carbocycles. The molecule has 0 aliphatic heterocycles. The number of thiophene rings is 1. The number of aromatic nitrogens is 2. The monoisotopic (exact) mass is 349 g/mol. The molecule has 3 aromatic heterocycles. The fourth-order valence-corrected chi connectivity index (χ4v) is 3.72. The van der Waals surface area contributed by atoms with Crippen LogP contribution in [0.3, 0.4) is 0 Å². The first-order valence-corrected chi connectivity index (χ1v) is 8.73. The van der Waals surface area contributed by atoms with E-state index < -0.39 is 0 Å². The molecule has 0 aliphatic rings. The molecule has 8 heteroatoms. The van der Waals surface area contributed by atoms with Gasteiger partial charge in [0.25, 0.3) is 5.56 Å². The molecule has 1 N–H and O–H groups in total. The minimum absolute atomic E-state index is 0.0873. The molecule has 3 rings (SSSR count). The van der Waals surface area contributed by atoms with E-state index in [2.05, 4.69) is 10.3 Å². The Bertz CT molecular complexity index is 883. The van der Waals surface area contributed by atoms with Crippen LogP contribution in [0.15, 0.2) is 44.2 Å². The Kier molecular flexibility index (Phi) is 4.53. The number of rotatable bonds is 5. The molecule has 120 valence electrons. The van der Waals surface area contributed by atoms with Crippen LogP contribution in [0.5, 0.6) is 0 Å². The number of hydrogen-bond donors (Lipinski definition) is 1. The van der Waals surface area contributed by atoms with E-state index in [0.29, 0.717) is 27.7 Å². The molecule has 1 unspecified atom stereocenters. The lowest BCUT2D eigenvalue weighted by molar-refractivity contribution is -0.120. The van der Waals surface area contributed by atoms with Gasteiger partial charge in [-0.25, -0.2) is 4.98 Å². The van der Waals surface area contributed by atoms with E-state index in [0.717, 1.165) is 0 Å². The van der Waals surface area contributed by atoms with Gasteiger partial charge in [0.15, 0.2) is 5.16 Å². The van der Waals surface area contributed by atoms with Crippen molar-refractivity contribution in [3.05, 3.63) is 46.0 Å². The first-order chi connectivity index (χ1) is 11.1. The number of thioether (sulfide) groups is 1. The van der Waals surface area contributed by atoms with Crippen LogP contribution in [0.4, 0.5) is 0 Å². The van der Waals surface area contributed by atoms with E-state index in [1.165, 1.54) is 27.7 Å². The zero-order valence-corrected chi connectivity index (χ0v) is 14.2. The topological polar surface area (TPSA) is 77.1 Å². The summed E-state index contributed by atoms with van der Waals surface area (Å²) in [7, 11) is 1.67. The lowest BCUT2D eigenvalue weighted by atomic mass is 10.4. The minimum Gasteiger partial charge on any atom is -0.467 e. The zero-order valence-electron chi connectivity index (χ0n) is 12.6. The predicted molar refractivity (Wildman–Crippen MR) is 90.7 cm³/mol. The van der Waals surface area contributed by atoms with Gasteiger partial charge in [0.2, 0.25) is 5.91 Å². The normalized spacial score (nSPS) is 12.4. The maximum atomic E-state index is 12.2. The highest BCUT2D eigenvalue weighted by molar-refractivity contribution is 8.00. The van der Waals surface area contributed by atoms with Crippen LogP contribution in [0.1, 0.15) is 12.7 Å². The molecular formula is C15H15N3O3S2. The van der Waals surface area contributed by atoms with Crippen LogP contribution < -0.4 is 10.9 Å². The Morgan fingerprint density at radius 1 is 1.52 bits per heavy atom. The number of furan rings is 1. The van der Waals surface area contributed by atoms with Crippen LogP contribution in [-0.2, 0) is 18.4 Å². The maximum Gasteiger partial charge on any atom is 0.271 e. The van der Waals surface area contributed by atoms with Crippen LogP contribution in [0.2, 0.25) is 0 Å². The van der Waals surface area contributed by atoms with E-state index in [1.54, 1.807) is 32.4 Å². The molecule has 0 spiro atoms. The summed E-state index contributed by atoms with van der Waals surface area (Å²) in [6, 6.07) is 5.39. The molecule has 0 bridgehead atoms. The summed E-state index contributed by atoms with van der Waals surface area (Å²) in [6.45, 7) is 2.12. The summed E-state index contributed by atoms with van der Waals surface area (Å²) in [6.07, 6.45) is 1.56. The maximum absolute atomic E-state index is 12.2. The first kappa shape index (κ1) is 15.8. The van der Waals surface area contributed by atoms with Crippen LogP contribution in [-0.4, -0.2) is 20.7 Å². The number of amides is 1. The Labute approximate surface area is 140 Å². The number of fused-ring (bicyclic) bond motifs is 1. The van der Waals surface area contributed by atoms with Crippen molar-refractivity contribution >= 4 is 39.2 Å². The highest BCUT2D eigenvalue weighted by atomic mass is 32.2. The summed E-state index contributed by atoms with van der Waals surface area (Å²) in [5.41, 5.74) is 0.583. The van der Waals surface area contributed by atoms with Crippen LogP contribution in [0.25, 0.3) is 10.2 Å². The third-order valence-corrected chi connectivity index (χ3v) is 5.35. The molecule has 0 saturated carbocycles. The quantitative estimate of drug-likeness (QED) is 0.565. The second-order valence-electron chi connectivity index (χ2n) is 4.95. The van der Waals surface area contributed by atoms with Crippen LogP contribution in [0, 0.1) is 0 Å². The van der Waals surface area contributed by atoms with E-state index in [-0.39, 0.29) is 16.7 Å². The molecular weight excluding hydrogens is 334 g/mol. The second kappa shape index (κ2) is 6.59. The summed E-state index contributed by atoms with van der Waals surface area (Å²) < 4.78 is 7.30. The van der Waals surface area contributed by atoms with Gasteiger partial charge >= 0.3 is 0 Å². The molecule has 23 heavy (non-hydrogen) atoms. The van der Waals surface area contributed by atoms with Gasteiger partial charge in [0.05, 0.1) is 23.6 Å². The van der Waals surface area contributed by atoms with E-state index in [4.69, 9.17) is 4.42 Å². The molecule has 1 amide bonds. The largest absolute Gasteiger partial charge is 0.467 e. The average molecular weight is 349 g/mol. The number of carbonyl (C=O) groups excluding carboxylic acids is 1. The van der Waals surface area contributed by atoms with Gasteiger partial charge in [-0.15, -0.1) is 11.3 Å². The van der Waals surface area contributed by atoms with Crippen molar-refractivity contribution in [3.8, 4) is 0 Å². The highest BCUT2D eigenvalue weighted by Gasteiger charge is 2.18. The van der Waals surface area contributed by atoms with Gasteiger partial charge in [-0.2, -0.15) is 0 Å². The Balaban J connectivity index is 1.72. The first-order valence-electron chi connectivity index (χ1n) is 6.97. The zero-order chi connectivity index (χ0) is 16.4. The molecule has 0 radical (unpaired) electrons. The Morgan fingerprint density at radius 3 is 3.09 bits per heavy atom. The fraction of sp³-hybridized carbons (Fsp3) is 0.267. The third kappa shape index (κ3) is 3.32. The summed E-state index contributed by atoms with van der Waals surface area (Å²) in [5.74, 6) is 0.562. The van der Waals surface area contributed by atoms with Crippen molar-refractivity contribution in [2.75, 3.05) is 0 Å². The third-order valence-electron chi connectivity index (χ3n) is 3.31. The van der Waals surface area contributed by atoms with Crippen molar-refractivity contribution in [1.82, 2.24) is 14.9 Å². The van der Waals surface area contributed by atoms with Crippen LogP contribution >= 0.6 is 23.1 Å². The summed E-state index contributed by atoms with van der Waals surface area (Å²) in [4.78, 5) is 28.9. The Hall–Kier alpha value is -2.06. The molecule has 0 saturated heterocycles. The van der Waals surface area contributed by atoms with Gasteiger partial charge < -0.3 is 9.73 Å². The Morgan fingerprint density at radius 2 is 2.35 bits per heavy atom. The average Bonchev–Trinajstić information content (AvgIpc) is 3.21. The van der Waals surface area contributed by atoms with E-state index in [1.807, 2.05) is 11.4 Å². The number of nitrogens with zero attached hydrogens (tertiary/aromatic N) is 2. The minimum atomic E-state index is -0.376. The molecule has 6 nitrogen and oxygen atoms in total.